The number of anilines is 1. The van der Waals surface area contributed by atoms with Crippen LogP contribution in [0.1, 0.15) is 67.6 Å². The number of fused-ring (bicyclic) bond motifs is 1. The number of nitrogens with one attached hydrogen (secondary N) is 1. The summed E-state index contributed by atoms with van der Waals surface area (Å²) in [5.41, 5.74) is 4.24. The summed E-state index contributed by atoms with van der Waals surface area (Å²) in [7, 11) is 0. The SMILES string of the molecule is O=C1N=C(NC2CCCCC2)C2(CCN(C3Cc4ccccc4C3c3ccccc3)CC2)N1c1cccc(F)c1. The minimum Gasteiger partial charge on any atom is -0.369 e. The van der Waals surface area contributed by atoms with Crippen molar-refractivity contribution in [1.82, 2.24) is 10.2 Å². The Morgan fingerprint density at radius 2 is 1.62 bits per heavy atom. The number of carbonyl (C=O) groups is 1. The number of rotatable bonds is 4. The summed E-state index contributed by atoms with van der Waals surface area (Å²) in [6.45, 7) is 1.71. The van der Waals surface area contributed by atoms with Crippen molar-refractivity contribution in [2.45, 2.75) is 74.9 Å². The standard InChI is InChI=1S/C34H37FN4O/c35-26-13-9-16-28(23-26)39-33(40)37-32(36-27-14-5-2-6-15-27)34(39)18-20-38(21-19-34)30-22-25-12-7-8-17-29(25)31(30)24-10-3-1-4-11-24/h1,3-4,7-13,16-17,23,27,30-31H,2,5-6,14-15,18-22H2,(H,36,37,40). The number of benzene rings is 3. The van der Waals surface area contributed by atoms with Crippen LogP contribution in [0.3, 0.4) is 0 Å². The first-order valence-electron chi connectivity index (χ1n) is 14.9. The number of nitrogens with zero attached hydrogens (tertiary/aromatic N) is 3. The summed E-state index contributed by atoms with van der Waals surface area (Å²) in [6.07, 6.45) is 8.45. The van der Waals surface area contributed by atoms with Gasteiger partial charge in [0.25, 0.3) is 0 Å². The van der Waals surface area contributed by atoms with Crippen molar-refractivity contribution in [3.05, 3.63) is 101 Å². The van der Waals surface area contributed by atoms with E-state index >= 15 is 0 Å². The van der Waals surface area contributed by atoms with Gasteiger partial charge in [0.2, 0.25) is 0 Å². The van der Waals surface area contributed by atoms with Crippen LogP contribution >= 0.6 is 0 Å². The normalized spacial score (nSPS) is 24.8. The smallest absolute Gasteiger partial charge is 0.350 e. The van der Waals surface area contributed by atoms with Gasteiger partial charge in [-0.1, -0.05) is 79.9 Å². The second kappa shape index (κ2) is 10.5. The fourth-order valence-electron chi connectivity index (χ4n) is 7.78. The van der Waals surface area contributed by atoms with Crippen LogP contribution < -0.4 is 10.2 Å². The Balaban J connectivity index is 1.19. The van der Waals surface area contributed by atoms with Crippen LogP contribution in [-0.2, 0) is 6.42 Å². The Morgan fingerprint density at radius 3 is 2.40 bits per heavy atom. The molecule has 2 atom stereocenters. The Kier molecular flexibility index (Phi) is 6.67. The maximum absolute atomic E-state index is 14.4. The van der Waals surface area contributed by atoms with Crippen LogP contribution in [0.2, 0.25) is 0 Å². The van der Waals surface area contributed by atoms with Crippen LogP contribution in [0.15, 0.2) is 83.9 Å². The summed E-state index contributed by atoms with van der Waals surface area (Å²) in [5.74, 6) is 0.785. The van der Waals surface area contributed by atoms with Gasteiger partial charge < -0.3 is 5.32 Å². The van der Waals surface area contributed by atoms with Crippen molar-refractivity contribution in [2.24, 2.45) is 4.99 Å². The molecule has 1 saturated heterocycles. The third-order valence-electron chi connectivity index (χ3n) is 9.74. The third kappa shape index (κ3) is 4.43. The average Bonchev–Trinajstić information content (AvgIpc) is 3.49. The van der Waals surface area contributed by atoms with Gasteiger partial charge in [-0.05, 0) is 67.0 Å². The number of urea groups is 1. The van der Waals surface area contributed by atoms with Crippen LogP contribution in [0.4, 0.5) is 14.9 Å². The highest BCUT2D eigenvalue weighted by Crippen LogP contribution is 2.45. The molecule has 0 radical (unpaired) electrons. The number of aliphatic imine (C=N–C) groups is 1. The predicted octanol–water partition coefficient (Wildman–Crippen LogP) is 6.68. The van der Waals surface area contributed by atoms with Gasteiger partial charge >= 0.3 is 6.03 Å². The number of carbonyl (C=O) groups excluding carboxylic acids is 1. The lowest BCUT2D eigenvalue weighted by Gasteiger charge is -2.48. The van der Waals surface area contributed by atoms with Crippen molar-refractivity contribution >= 4 is 17.6 Å². The molecule has 7 rings (SSSR count). The number of likely N-dealkylation sites (tertiary alicyclic amines) is 1. The molecule has 1 N–H and O–H groups in total. The lowest BCUT2D eigenvalue weighted by atomic mass is 9.81. The Bertz CT molecular complexity index is 1410. The number of amides is 2. The van der Waals surface area contributed by atoms with E-state index in [4.69, 9.17) is 0 Å². The van der Waals surface area contributed by atoms with E-state index in [0.717, 1.165) is 51.0 Å². The second-order valence-electron chi connectivity index (χ2n) is 12.0. The first kappa shape index (κ1) is 25.5. The number of amidine groups is 1. The summed E-state index contributed by atoms with van der Waals surface area (Å²) in [4.78, 5) is 22.5. The van der Waals surface area contributed by atoms with Crippen molar-refractivity contribution in [1.29, 1.82) is 0 Å². The van der Waals surface area contributed by atoms with Gasteiger partial charge in [0.05, 0.1) is 0 Å². The van der Waals surface area contributed by atoms with E-state index in [-0.39, 0.29) is 11.8 Å². The van der Waals surface area contributed by atoms with E-state index in [1.165, 1.54) is 48.1 Å². The largest absolute Gasteiger partial charge is 0.369 e. The lowest BCUT2D eigenvalue weighted by Crippen LogP contribution is -2.63. The minimum absolute atomic E-state index is 0.284. The van der Waals surface area contributed by atoms with E-state index in [2.05, 4.69) is 69.8 Å². The molecule has 2 unspecified atom stereocenters. The second-order valence-corrected chi connectivity index (χ2v) is 12.0. The summed E-state index contributed by atoms with van der Waals surface area (Å²) in [6, 6.07) is 26.6. The fraction of sp³-hybridized carbons (Fsp3) is 0.412. The summed E-state index contributed by atoms with van der Waals surface area (Å²) < 4.78 is 14.4. The molecular formula is C34H37FN4O. The maximum Gasteiger partial charge on any atom is 0.350 e. The van der Waals surface area contributed by atoms with Crippen LogP contribution in [0, 0.1) is 5.82 Å². The molecule has 2 aliphatic carbocycles. The van der Waals surface area contributed by atoms with Gasteiger partial charge in [-0.2, -0.15) is 4.99 Å². The molecule has 206 valence electrons. The van der Waals surface area contributed by atoms with E-state index in [9.17, 15) is 9.18 Å². The molecule has 0 aromatic heterocycles. The van der Waals surface area contributed by atoms with Gasteiger partial charge in [-0.15, -0.1) is 0 Å². The van der Waals surface area contributed by atoms with E-state index in [1.807, 2.05) is 6.07 Å². The van der Waals surface area contributed by atoms with Gasteiger partial charge in [-0.25, -0.2) is 9.18 Å². The highest BCUT2D eigenvalue weighted by molar-refractivity contribution is 6.16. The molecule has 40 heavy (non-hydrogen) atoms. The first-order valence-corrected chi connectivity index (χ1v) is 14.9. The quantitative estimate of drug-likeness (QED) is 0.405. The van der Waals surface area contributed by atoms with E-state index in [1.54, 1.807) is 11.0 Å². The zero-order valence-corrected chi connectivity index (χ0v) is 22.9. The zero-order chi connectivity index (χ0) is 27.1. The predicted molar refractivity (Wildman–Crippen MR) is 157 cm³/mol. The van der Waals surface area contributed by atoms with Gasteiger partial charge in [0, 0.05) is 36.8 Å². The van der Waals surface area contributed by atoms with Crippen molar-refractivity contribution in [3.8, 4) is 0 Å². The van der Waals surface area contributed by atoms with Crippen LogP contribution in [-0.4, -0.2) is 47.5 Å². The monoisotopic (exact) mass is 536 g/mol. The molecule has 1 spiro atoms. The highest BCUT2D eigenvalue weighted by atomic mass is 19.1. The maximum atomic E-state index is 14.4. The molecular weight excluding hydrogens is 499 g/mol. The van der Waals surface area contributed by atoms with Crippen LogP contribution in [0.5, 0.6) is 0 Å². The summed E-state index contributed by atoms with van der Waals surface area (Å²) in [5, 5.41) is 3.73. The van der Waals surface area contributed by atoms with Gasteiger partial charge in [-0.3, -0.25) is 9.80 Å². The van der Waals surface area contributed by atoms with Crippen LogP contribution in [0.25, 0.3) is 0 Å². The first-order chi connectivity index (χ1) is 19.6. The van der Waals surface area contributed by atoms with Crippen molar-refractivity contribution in [2.75, 3.05) is 18.0 Å². The number of halogens is 1. The Hall–Kier alpha value is -3.51. The lowest BCUT2D eigenvalue weighted by molar-refractivity contribution is 0.132. The van der Waals surface area contributed by atoms with Gasteiger partial charge in [0.1, 0.15) is 17.2 Å². The third-order valence-corrected chi connectivity index (χ3v) is 9.74. The summed E-state index contributed by atoms with van der Waals surface area (Å²) >= 11 is 0. The number of hydrogen-bond acceptors (Lipinski definition) is 3. The van der Waals surface area contributed by atoms with E-state index in [0.29, 0.717) is 23.7 Å². The molecule has 2 amide bonds. The highest BCUT2D eigenvalue weighted by Gasteiger charge is 2.53. The van der Waals surface area contributed by atoms with Crippen molar-refractivity contribution in [3.63, 3.8) is 0 Å². The molecule has 5 nitrogen and oxygen atoms in total. The van der Waals surface area contributed by atoms with Gasteiger partial charge in [0.15, 0.2) is 0 Å². The average molecular weight is 537 g/mol. The van der Waals surface area contributed by atoms with Crippen molar-refractivity contribution < 1.29 is 9.18 Å². The molecule has 2 fully saturated rings. The minimum atomic E-state index is -0.577. The van der Waals surface area contributed by atoms with E-state index < -0.39 is 5.54 Å². The molecule has 3 aromatic rings. The Morgan fingerprint density at radius 1 is 0.875 bits per heavy atom. The molecule has 6 heteroatoms. The molecule has 2 heterocycles. The molecule has 3 aromatic carbocycles. The zero-order valence-electron chi connectivity index (χ0n) is 22.9. The number of hydrogen-bond donors (Lipinski definition) is 1. The Labute approximate surface area is 236 Å². The molecule has 2 aliphatic heterocycles. The number of piperidine rings is 1. The fourth-order valence-corrected chi connectivity index (χ4v) is 7.78. The molecule has 4 aliphatic rings. The topological polar surface area (TPSA) is 47.9 Å². The molecule has 1 saturated carbocycles. The molecule has 0 bridgehead atoms.